The lowest BCUT2D eigenvalue weighted by Crippen LogP contribution is -2.29. The van der Waals surface area contributed by atoms with Gasteiger partial charge in [0.2, 0.25) is 0 Å². The standard InChI is InChI=1S/C14H18IN3O2/c1-3-18-13-7-5-4-6-10(13)12(17-18)9-16-8-11(15)14(19)20-2/h4-7,11,16H,3,8-9H2,1-2H3. The highest BCUT2D eigenvalue weighted by atomic mass is 127. The first-order valence-corrected chi connectivity index (χ1v) is 7.79. The molecular formula is C14H18IN3O2. The van der Waals surface area contributed by atoms with Crippen LogP contribution in [0.2, 0.25) is 0 Å². The summed E-state index contributed by atoms with van der Waals surface area (Å²) in [7, 11) is 1.41. The van der Waals surface area contributed by atoms with Crippen molar-refractivity contribution in [2.24, 2.45) is 0 Å². The maximum Gasteiger partial charge on any atom is 0.319 e. The van der Waals surface area contributed by atoms with Gasteiger partial charge in [-0.25, -0.2) is 0 Å². The van der Waals surface area contributed by atoms with Crippen LogP contribution in [0.5, 0.6) is 0 Å². The molecule has 0 aliphatic carbocycles. The Balaban J connectivity index is 2.05. The average molecular weight is 387 g/mol. The maximum atomic E-state index is 11.3. The summed E-state index contributed by atoms with van der Waals surface area (Å²) in [4.78, 5) is 11.3. The Morgan fingerprint density at radius 3 is 2.95 bits per heavy atom. The minimum atomic E-state index is -0.206. The van der Waals surface area contributed by atoms with Crippen LogP contribution >= 0.6 is 22.6 Å². The van der Waals surface area contributed by atoms with Crippen molar-refractivity contribution >= 4 is 39.5 Å². The lowest BCUT2D eigenvalue weighted by molar-refractivity contribution is -0.139. The van der Waals surface area contributed by atoms with E-state index in [0.717, 1.165) is 23.1 Å². The number of carbonyl (C=O) groups is 1. The van der Waals surface area contributed by atoms with Crippen molar-refractivity contribution in [3.63, 3.8) is 0 Å². The van der Waals surface area contributed by atoms with E-state index in [4.69, 9.17) is 4.74 Å². The zero-order chi connectivity index (χ0) is 14.5. The smallest absolute Gasteiger partial charge is 0.319 e. The van der Waals surface area contributed by atoms with Gasteiger partial charge in [-0.05, 0) is 13.0 Å². The molecule has 1 aromatic heterocycles. The van der Waals surface area contributed by atoms with Gasteiger partial charge in [0, 0.05) is 25.0 Å². The Morgan fingerprint density at radius 1 is 1.50 bits per heavy atom. The molecule has 0 spiro atoms. The number of nitrogens with one attached hydrogen (secondary N) is 1. The second-order valence-electron chi connectivity index (χ2n) is 4.40. The van der Waals surface area contributed by atoms with Gasteiger partial charge in [0.15, 0.2) is 0 Å². The highest BCUT2D eigenvalue weighted by molar-refractivity contribution is 14.1. The number of aromatic nitrogens is 2. The van der Waals surface area contributed by atoms with Crippen molar-refractivity contribution < 1.29 is 9.53 Å². The summed E-state index contributed by atoms with van der Waals surface area (Å²) >= 11 is 2.08. The summed E-state index contributed by atoms with van der Waals surface area (Å²) in [5.74, 6) is -0.206. The number of fused-ring (bicyclic) bond motifs is 1. The number of hydrogen-bond acceptors (Lipinski definition) is 4. The molecule has 5 nitrogen and oxygen atoms in total. The molecule has 0 fully saturated rings. The van der Waals surface area contributed by atoms with Crippen molar-refractivity contribution in [3.8, 4) is 0 Å². The van der Waals surface area contributed by atoms with Gasteiger partial charge < -0.3 is 10.1 Å². The molecule has 108 valence electrons. The first-order valence-electron chi connectivity index (χ1n) is 6.54. The third kappa shape index (κ3) is 3.29. The molecule has 1 unspecified atom stereocenters. The number of para-hydroxylation sites is 1. The van der Waals surface area contributed by atoms with Crippen LogP contribution in [-0.4, -0.2) is 33.3 Å². The number of ether oxygens (including phenoxy) is 1. The third-order valence-electron chi connectivity index (χ3n) is 3.11. The predicted molar refractivity (Wildman–Crippen MR) is 86.9 cm³/mol. The highest BCUT2D eigenvalue weighted by Gasteiger charge is 2.15. The van der Waals surface area contributed by atoms with E-state index < -0.39 is 0 Å². The Hall–Kier alpha value is -1.15. The Labute approximate surface area is 131 Å². The van der Waals surface area contributed by atoms with Gasteiger partial charge in [-0.15, -0.1) is 0 Å². The molecule has 0 saturated heterocycles. The normalized spacial score (nSPS) is 12.6. The van der Waals surface area contributed by atoms with Gasteiger partial charge in [0.25, 0.3) is 0 Å². The van der Waals surface area contributed by atoms with Crippen LogP contribution in [0.15, 0.2) is 24.3 Å². The Bertz CT molecular complexity index is 597. The number of esters is 1. The van der Waals surface area contributed by atoms with Crippen molar-refractivity contribution in [2.45, 2.75) is 23.9 Å². The van der Waals surface area contributed by atoms with Gasteiger partial charge in [-0.3, -0.25) is 9.48 Å². The van der Waals surface area contributed by atoms with Gasteiger partial charge in [0.05, 0.1) is 18.3 Å². The molecule has 1 N–H and O–H groups in total. The van der Waals surface area contributed by atoms with E-state index >= 15 is 0 Å². The molecule has 0 saturated carbocycles. The van der Waals surface area contributed by atoms with Crippen LogP contribution in [0.4, 0.5) is 0 Å². The molecule has 0 bridgehead atoms. The molecule has 2 rings (SSSR count). The van der Waals surface area contributed by atoms with Gasteiger partial charge >= 0.3 is 5.97 Å². The first-order chi connectivity index (χ1) is 9.67. The van der Waals surface area contributed by atoms with Crippen LogP contribution in [-0.2, 0) is 22.6 Å². The van der Waals surface area contributed by atoms with Crippen LogP contribution in [0, 0.1) is 0 Å². The molecule has 20 heavy (non-hydrogen) atoms. The second-order valence-corrected chi connectivity index (χ2v) is 5.90. The second kappa shape index (κ2) is 7.03. The van der Waals surface area contributed by atoms with Crippen molar-refractivity contribution in [1.29, 1.82) is 0 Å². The minimum absolute atomic E-state index is 0.183. The maximum absolute atomic E-state index is 11.3. The largest absolute Gasteiger partial charge is 0.468 e. The molecule has 6 heteroatoms. The van der Waals surface area contributed by atoms with E-state index in [0.29, 0.717) is 13.1 Å². The SMILES string of the molecule is CCn1nc(CNCC(I)C(=O)OC)c2ccccc21. The van der Waals surface area contributed by atoms with Crippen LogP contribution in [0.3, 0.4) is 0 Å². The molecular weight excluding hydrogens is 369 g/mol. The fraction of sp³-hybridized carbons (Fsp3) is 0.429. The van der Waals surface area contributed by atoms with Gasteiger partial charge in [-0.1, -0.05) is 40.8 Å². The molecule has 1 aromatic carbocycles. The molecule has 1 atom stereocenters. The van der Waals surface area contributed by atoms with E-state index in [-0.39, 0.29) is 9.89 Å². The Morgan fingerprint density at radius 2 is 2.25 bits per heavy atom. The lowest BCUT2D eigenvalue weighted by atomic mass is 10.2. The molecule has 0 aliphatic rings. The number of halogens is 1. The van der Waals surface area contributed by atoms with Crippen molar-refractivity contribution in [2.75, 3.05) is 13.7 Å². The van der Waals surface area contributed by atoms with E-state index in [2.05, 4.69) is 52.1 Å². The molecule has 1 heterocycles. The monoisotopic (exact) mass is 387 g/mol. The molecule has 0 aliphatic heterocycles. The minimum Gasteiger partial charge on any atom is -0.468 e. The highest BCUT2D eigenvalue weighted by Crippen LogP contribution is 2.18. The van der Waals surface area contributed by atoms with E-state index in [1.165, 1.54) is 7.11 Å². The average Bonchev–Trinajstić information content (AvgIpc) is 2.84. The zero-order valence-corrected chi connectivity index (χ0v) is 13.8. The topological polar surface area (TPSA) is 56.2 Å². The molecule has 2 aromatic rings. The first kappa shape index (κ1) is 15.2. The predicted octanol–water partition coefficient (Wildman–Crippen LogP) is 2.12. The van der Waals surface area contributed by atoms with E-state index in [1.807, 2.05) is 16.8 Å². The summed E-state index contributed by atoms with van der Waals surface area (Å²) in [5.41, 5.74) is 2.15. The molecule has 0 amide bonds. The van der Waals surface area contributed by atoms with E-state index in [1.54, 1.807) is 0 Å². The number of carbonyl (C=O) groups excluding carboxylic acids is 1. The summed E-state index contributed by atoms with van der Waals surface area (Å²) in [6.07, 6.45) is 0. The number of nitrogens with zero attached hydrogens (tertiary/aromatic N) is 2. The number of aryl methyl sites for hydroxylation is 1. The number of methoxy groups -OCH3 is 1. The summed E-state index contributed by atoms with van der Waals surface area (Å²) < 4.78 is 6.51. The lowest BCUT2D eigenvalue weighted by Gasteiger charge is -2.08. The van der Waals surface area contributed by atoms with Crippen molar-refractivity contribution in [1.82, 2.24) is 15.1 Å². The number of alkyl halides is 1. The summed E-state index contributed by atoms with van der Waals surface area (Å²) in [6, 6.07) is 8.19. The number of hydrogen-bond donors (Lipinski definition) is 1. The fourth-order valence-electron chi connectivity index (χ4n) is 2.10. The van der Waals surface area contributed by atoms with Gasteiger partial charge in [-0.2, -0.15) is 5.10 Å². The van der Waals surface area contributed by atoms with Crippen molar-refractivity contribution in [3.05, 3.63) is 30.0 Å². The summed E-state index contributed by atoms with van der Waals surface area (Å²) in [6.45, 7) is 4.14. The van der Waals surface area contributed by atoms with Gasteiger partial charge in [0.1, 0.15) is 3.92 Å². The van der Waals surface area contributed by atoms with Crippen LogP contribution < -0.4 is 5.32 Å². The van der Waals surface area contributed by atoms with Crippen LogP contribution in [0.25, 0.3) is 10.9 Å². The zero-order valence-electron chi connectivity index (χ0n) is 11.6. The fourth-order valence-corrected chi connectivity index (χ4v) is 2.66. The Kier molecular flexibility index (Phi) is 5.36. The third-order valence-corrected chi connectivity index (χ3v) is 4.06. The molecule has 0 radical (unpaired) electrons. The van der Waals surface area contributed by atoms with E-state index in [9.17, 15) is 4.79 Å². The number of benzene rings is 1. The quantitative estimate of drug-likeness (QED) is 0.469. The summed E-state index contributed by atoms with van der Waals surface area (Å²) in [5, 5.41) is 9.02. The van der Waals surface area contributed by atoms with Crippen LogP contribution in [0.1, 0.15) is 12.6 Å². The number of rotatable bonds is 6.